The number of halogens is 1. The van der Waals surface area contributed by atoms with Crippen LogP contribution >= 0.6 is 11.6 Å². The number of phenolic OH excluding ortho intramolecular Hbond substituents is 1. The molecule has 0 saturated heterocycles. The van der Waals surface area contributed by atoms with Crippen LogP contribution in [0.15, 0.2) is 22.7 Å². The summed E-state index contributed by atoms with van der Waals surface area (Å²) in [4.78, 5) is 15.9. The van der Waals surface area contributed by atoms with E-state index in [0.717, 1.165) is 0 Å². The fourth-order valence-electron chi connectivity index (χ4n) is 1.51. The molecule has 0 fully saturated rings. The number of aromatic hydroxyl groups is 1. The van der Waals surface area contributed by atoms with Gasteiger partial charge in [0.25, 0.3) is 5.91 Å². The molecule has 19 heavy (non-hydrogen) atoms. The Hall–Kier alpha value is -2.08. The fraction of sp³-hybridized carbons (Fsp3) is 0.250. The number of benzene rings is 1. The highest BCUT2D eigenvalue weighted by atomic mass is 35.5. The molecule has 2 N–H and O–H groups in total. The van der Waals surface area contributed by atoms with Crippen LogP contribution in [0.4, 0.5) is 0 Å². The van der Waals surface area contributed by atoms with Gasteiger partial charge >= 0.3 is 0 Å². The summed E-state index contributed by atoms with van der Waals surface area (Å²) in [6.07, 6.45) is 0.458. The van der Waals surface area contributed by atoms with Gasteiger partial charge in [-0.05, 0) is 18.2 Å². The topological polar surface area (TPSA) is 88.2 Å². The Balaban J connectivity index is 1.92. The van der Waals surface area contributed by atoms with Gasteiger partial charge in [-0.1, -0.05) is 16.8 Å². The first kappa shape index (κ1) is 13.4. The minimum Gasteiger partial charge on any atom is -0.508 e. The van der Waals surface area contributed by atoms with Crippen molar-refractivity contribution in [3.63, 3.8) is 0 Å². The minimum atomic E-state index is -0.360. The predicted octanol–water partition coefficient (Wildman–Crippen LogP) is 1.71. The van der Waals surface area contributed by atoms with E-state index in [0.29, 0.717) is 24.7 Å². The molecule has 7 heteroatoms. The molecule has 0 saturated carbocycles. The van der Waals surface area contributed by atoms with Gasteiger partial charge in [-0.3, -0.25) is 4.79 Å². The largest absolute Gasteiger partial charge is 0.508 e. The van der Waals surface area contributed by atoms with Crippen LogP contribution in [-0.4, -0.2) is 27.7 Å². The monoisotopic (exact) mass is 281 g/mol. The maximum absolute atomic E-state index is 11.8. The van der Waals surface area contributed by atoms with Gasteiger partial charge in [0.2, 0.25) is 5.89 Å². The van der Waals surface area contributed by atoms with Gasteiger partial charge in [0.1, 0.15) is 5.75 Å². The van der Waals surface area contributed by atoms with Crippen molar-refractivity contribution in [2.24, 2.45) is 0 Å². The van der Waals surface area contributed by atoms with E-state index < -0.39 is 0 Å². The highest BCUT2D eigenvalue weighted by Gasteiger charge is 2.11. The number of rotatable bonds is 4. The fourth-order valence-corrected chi connectivity index (χ4v) is 1.72. The summed E-state index contributed by atoms with van der Waals surface area (Å²) >= 11 is 5.88. The van der Waals surface area contributed by atoms with Crippen LogP contribution < -0.4 is 5.32 Å². The molecule has 1 amide bonds. The van der Waals surface area contributed by atoms with E-state index >= 15 is 0 Å². The average Bonchev–Trinajstić information content (AvgIpc) is 2.78. The maximum Gasteiger partial charge on any atom is 0.252 e. The number of phenols is 1. The number of hydrogen-bond donors (Lipinski definition) is 2. The van der Waals surface area contributed by atoms with Crippen LogP contribution in [0.25, 0.3) is 0 Å². The third-order valence-electron chi connectivity index (χ3n) is 2.40. The molecule has 0 aliphatic rings. The third-order valence-corrected chi connectivity index (χ3v) is 2.73. The Bertz CT molecular complexity index is 598. The summed E-state index contributed by atoms with van der Waals surface area (Å²) in [5, 5.41) is 16.0. The van der Waals surface area contributed by atoms with Gasteiger partial charge in [-0.25, -0.2) is 0 Å². The molecule has 0 spiro atoms. The number of nitrogens with zero attached hydrogens (tertiary/aromatic N) is 2. The number of carbonyl (C=O) groups is 1. The summed E-state index contributed by atoms with van der Waals surface area (Å²) in [6, 6.07) is 4.20. The van der Waals surface area contributed by atoms with Gasteiger partial charge in [-0.2, -0.15) is 4.98 Å². The number of hydrogen-bond acceptors (Lipinski definition) is 5. The molecule has 0 atom stereocenters. The Morgan fingerprint density at radius 3 is 3.00 bits per heavy atom. The van der Waals surface area contributed by atoms with Crippen LogP contribution in [-0.2, 0) is 6.42 Å². The van der Waals surface area contributed by atoms with E-state index in [4.69, 9.17) is 16.1 Å². The number of amides is 1. The van der Waals surface area contributed by atoms with Crippen molar-refractivity contribution in [1.29, 1.82) is 0 Å². The summed E-state index contributed by atoms with van der Waals surface area (Å²) in [5.41, 5.74) is 0.228. The first-order chi connectivity index (χ1) is 9.06. The molecule has 1 aromatic carbocycles. The normalized spacial score (nSPS) is 10.4. The molecule has 6 nitrogen and oxygen atoms in total. The zero-order valence-corrected chi connectivity index (χ0v) is 10.9. The van der Waals surface area contributed by atoms with E-state index in [1.165, 1.54) is 18.2 Å². The van der Waals surface area contributed by atoms with Crippen LogP contribution in [0.3, 0.4) is 0 Å². The molecular weight excluding hydrogens is 270 g/mol. The van der Waals surface area contributed by atoms with Crippen molar-refractivity contribution in [2.75, 3.05) is 6.54 Å². The second kappa shape index (κ2) is 5.71. The van der Waals surface area contributed by atoms with Crippen LogP contribution in [0.5, 0.6) is 5.75 Å². The van der Waals surface area contributed by atoms with Crippen LogP contribution in [0, 0.1) is 6.92 Å². The highest BCUT2D eigenvalue weighted by Crippen LogP contribution is 2.20. The lowest BCUT2D eigenvalue weighted by Crippen LogP contribution is -2.26. The lowest BCUT2D eigenvalue weighted by Gasteiger charge is -2.05. The zero-order chi connectivity index (χ0) is 13.8. The molecule has 0 aliphatic heterocycles. The van der Waals surface area contributed by atoms with Crippen LogP contribution in [0.2, 0.25) is 5.02 Å². The summed E-state index contributed by atoms with van der Waals surface area (Å²) in [7, 11) is 0. The summed E-state index contributed by atoms with van der Waals surface area (Å²) < 4.78 is 4.81. The lowest BCUT2D eigenvalue weighted by atomic mass is 10.2. The predicted molar refractivity (Wildman–Crippen MR) is 68.2 cm³/mol. The van der Waals surface area contributed by atoms with Crippen molar-refractivity contribution >= 4 is 17.5 Å². The van der Waals surface area contributed by atoms with E-state index in [1.54, 1.807) is 6.92 Å². The van der Waals surface area contributed by atoms with Crippen LogP contribution in [0.1, 0.15) is 22.1 Å². The molecule has 0 unspecified atom stereocenters. The molecule has 2 rings (SSSR count). The van der Waals surface area contributed by atoms with Crippen molar-refractivity contribution < 1.29 is 14.4 Å². The summed E-state index contributed by atoms with van der Waals surface area (Å²) in [5.74, 6) is 0.640. The quantitative estimate of drug-likeness (QED) is 0.891. The van der Waals surface area contributed by atoms with Crippen molar-refractivity contribution in [2.45, 2.75) is 13.3 Å². The third kappa shape index (κ3) is 3.45. The van der Waals surface area contributed by atoms with E-state index in [1.807, 2.05) is 0 Å². The smallest absolute Gasteiger partial charge is 0.252 e. The highest BCUT2D eigenvalue weighted by molar-refractivity contribution is 6.33. The number of aryl methyl sites for hydroxylation is 1. The van der Waals surface area contributed by atoms with Crippen molar-refractivity contribution in [3.05, 3.63) is 40.5 Å². The number of aromatic nitrogens is 2. The molecule has 1 heterocycles. The summed E-state index contributed by atoms with van der Waals surface area (Å²) in [6.45, 7) is 2.05. The van der Waals surface area contributed by atoms with Gasteiger partial charge in [0, 0.05) is 19.9 Å². The van der Waals surface area contributed by atoms with Gasteiger partial charge in [0.05, 0.1) is 10.6 Å². The zero-order valence-electron chi connectivity index (χ0n) is 10.2. The SMILES string of the molecule is Cc1nc(CCNC(=O)c2cc(O)ccc2Cl)no1. The molecule has 0 aliphatic carbocycles. The second-order valence-electron chi connectivity index (χ2n) is 3.90. The van der Waals surface area contributed by atoms with Gasteiger partial charge in [0.15, 0.2) is 5.82 Å². The van der Waals surface area contributed by atoms with Crippen molar-refractivity contribution in [3.8, 4) is 5.75 Å². The standard InChI is InChI=1S/C12H12ClN3O3/c1-7-15-11(16-19-7)4-5-14-12(18)9-6-8(17)2-3-10(9)13/h2-3,6,17H,4-5H2,1H3,(H,14,18). The van der Waals surface area contributed by atoms with E-state index in [-0.39, 0.29) is 22.2 Å². The maximum atomic E-state index is 11.8. The number of nitrogens with one attached hydrogen (secondary N) is 1. The van der Waals surface area contributed by atoms with Gasteiger partial charge in [-0.15, -0.1) is 0 Å². The molecule has 0 radical (unpaired) electrons. The molecule has 100 valence electrons. The van der Waals surface area contributed by atoms with Gasteiger partial charge < -0.3 is 14.9 Å². The first-order valence-electron chi connectivity index (χ1n) is 5.62. The minimum absolute atomic E-state index is 0.0108. The Morgan fingerprint density at radius 1 is 1.53 bits per heavy atom. The molecule has 1 aromatic heterocycles. The van der Waals surface area contributed by atoms with E-state index in [9.17, 15) is 9.90 Å². The lowest BCUT2D eigenvalue weighted by molar-refractivity contribution is 0.0953. The molecular formula is C12H12ClN3O3. The Labute approximate surface area is 114 Å². The van der Waals surface area contributed by atoms with E-state index in [2.05, 4.69) is 15.5 Å². The average molecular weight is 282 g/mol. The first-order valence-corrected chi connectivity index (χ1v) is 6.00. The number of carbonyl (C=O) groups excluding carboxylic acids is 1. The molecule has 0 bridgehead atoms. The Kier molecular flexibility index (Phi) is 4.01. The van der Waals surface area contributed by atoms with Crippen molar-refractivity contribution in [1.82, 2.24) is 15.5 Å². The molecule has 2 aromatic rings. The Morgan fingerprint density at radius 2 is 2.32 bits per heavy atom. The second-order valence-corrected chi connectivity index (χ2v) is 4.31.